The van der Waals surface area contributed by atoms with Gasteiger partial charge in [-0.2, -0.15) is 0 Å². The molecular formula is C32H30N6O3. The maximum atomic E-state index is 14.3. The summed E-state index contributed by atoms with van der Waals surface area (Å²) in [6.45, 7) is 1.01. The lowest BCUT2D eigenvalue weighted by atomic mass is 9.74. The summed E-state index contributed by atoms with van der Waals surface area (Å²) < 4.78 is 0. The average Bonchev–Trinajstić information content (AvgIpc) is 3.74. The van der Waals surface area contributed by atoms with E-state index < -0.39 is 16.9 Å². The molecule has 1 saturated carbocycles. The van der Waals surface area contributed by atoms with E-state index in [0.29, 0.717) is 18.8 Å². The van der Waals surface area contributed by atoms with E-state index in [9.17, 15) is 14.4 Å². The van der Waals surface area contributed by atoms with E-state index in [1.54, 1.807) is 12.3 Å². The van der Waals surface area contributed by atoms with Crippen molar-refractivity contribution in [3.63, 3.8) is 0 Å². The van der Waals surface area contributed by atoms with Crippen molar-refractivity contribution >= 4 is 34.2 Å². The number of primary amides is 1. The number of aromatic nitrogens is 2. The Kier molecular flexibility index (Phi) is 5.53. The zero-order valence-corrected chi connectivity index (χ0v) is 23.0. The van der Waals surface area contributed by atoms with E-state index in [-0.39, 0.29) is 24.1 Å². The van der Waals surface area contributed by atoms with Gasteiger partial charge < -0.3 is 15.5 Å². The highest BCUT2D eigenvalue weighted by Crippen LogP contribution is 2.51. The molecule has 4 heterocycles. The lowest BCUT2D eigenvalue weighted by molar-refractivity contribution is -0.149. The van der Waals surface area contributed by atoms with Crippen molar-refractivity contribution in [1.29, 1.82) is 0 Å². The zero-order valence-electron chi connectivity index (χ0n) is 23.0. The number of hydrogen-bond donors (Lipinski definition) is 1. The molecule has 3 amide bonds. The molecule has 7 rings (SSSR count). The van der Waals surface area contributed by atoms with Crippen LogP contribution in [0.15, 0.2) is 73.1 Å². The van der Waals surface area contributed by atoms with E-state index in [0.717, 1.165) is 46.0 Å². The van der Waals surface area contributed by atoms with Gasteiger partial charge in [0.05, 0.1) is 12.2 Å². The molecule has 1 saturated heterocycles. The summed E-state index contributed by atoms with van der Waals surface area (Å²) in [6, 6.07) is 19.2. The monoisotopic (exact) mass is 546 g/mol. The molecule has 9 heteroatoms. The summed E-state index contributed by atoms with van der Waals surface area (Å²) in [6.07, 6.45) is 5.15. The number of nitrogens with two attached hydrogens (primary N) is 1. The van der Waals surface area contributed by atoms with Crippen LogP contribution in [0.2, 0.25) is 0 Å². The van der Waals surface area contributed by atoms with Crippen molar-refractivity contribution in [2.75, 3.05) is 32.1 Å². The van der Waals surface area contributed by atoms with Gasteiger partial charge >= 0.3 is 0 Å². The lowest BCUT2D eigenvalue weighted by Gasteiger charge is -2.48. The summed E-state index contributed by atoms with van der Waals surface area (Å²) in [5.41, 5.74) is 8.58. The van der Waals surface area contributed by atoms with Crippen LogP contribution in [-0.4, -0.2) is 70.2 Å². The first-order valence-corrected chi connectivity index (χ1v) is 13.8. The van der Waals surface area contributed by atoms with Crippen LogP contribution in [0, 0.1) is 0 Å². The van der Waals surface area contributed by atoms with E-state index in [1.165, 1.54) is 0 Å². The van der Waals surface area contributed by atoms with Crippen molar-refractivity contribution < 1.29 is 14.4 Å². The SMILES string of the molecule is CN(C)C1(C(=O)N2CC3(C2)C(=O)N(Cc2ncc4ccccc4c2-c2ccc(C(N)=O)nc2)c2ccccc23)CC1. The minimum absolute atomic E-state index is 0.0134. The molecule has 41 heavy (non-hydrogen) atoms. The maximum Gasteiger partial charge on any atom is 0.267 e. The molecule has 4 aromatic rings. The highest BCUT2D eigenvalue weighted by molar-refractivity contribution is 6.11. The van der Waals surface area contributed by atoms with Gasteiger partial charge in [0, 0.05) is 47.7 Å². The number of likely N-dealkylation sites (tertiary alicyclic amines) is 1. The van der Waals surface area contributed by atoms with Crippen molar-refractivity contribution in [3.05, 3.63) is 90.0 Å². The highest BCUT2D eigenvalue weighted by Gasteiger charge is 2.63. The van der Waals surface area contributed by atoms with Gasteiger partial charge in [0.25, 0.3) is 5.91 Å². The maximum absolute atomic E-state index is 14.3. The highest BCUT2D eigenvalue weighted by atomic mass is 16.2. The molecule has 1 aliphatic carbocycles. The number of carbonyl (C=O) groups excluding carboxylic acids is 3. The molecule has 1 spiro atoms. The van der Waals surface area contributed by atoms with Crippen molar-refractivity contribution in [2.24, 2.45) is 5.73 Å². The minimum atomic E-state index is -0.754. The van der Waals surface area contributed by atoms with Crippen LogP contribution >= 0.6 is 0 Å². The summed E-state index contributed by atoms with van der Waals surface area (Å²) in [4.78, 5) is 54.0. The predicted molar refractivity (Wildman–Crippen MR) is 155 cm³/mol. The molecule has 2 aromatic heterocycles. The number of likely N-dealkylation sites (N-methyl/N-ethyl adjacent to an activating group) is 1. The first kappa shape index (κ1) is 25.3. The Hall–Kier alpha value is -4.63. The van der Waals surface area contributed by atoms with Gasteiger partial charge in [-0.1, -0.05) is 48.5 Å². The molecule has 2 aliphatic heterocycles. The summed E-state index contributed by atoms with van der Waals surface area (Å²) in [5.74, 6) is -0.494. The molecule has 9 nitrogen and oxygen atoms in total. The number of rotatable bonds is 6. The molecule has 2 fully saturated rings. The number of nitrogens with zero attached hydrogens (tertiary/aromatic N) is 5. The van der Waals surface area contributed by atoms with Crippen molar-refractivity contribution in [2.45, 2.75) is 30.3 Å². The standard InChI is InChI=1S/C32H30N6O3/c1-36(2)32(13-14-32)30(41)37-18-31(19-37)23-9-5-6-10-26(23)38(29(31)40)17-25-27(21-11-12-24(28(33)39)34-16-21)22-8-4-3-7-20(22)15-35-25/h3-12,15-16H,13-14,17-19H2,1-2H3,(H2,33,39). The third-order valence-corrected chi connectivity index (χ3v) is 9.04. The number of amides is 3. The number of para-hydroxylation sites is 1. The summed E-state index contributed by atoms with van der Waals surface area (Å²) in [5, 5.41) is 1.93. The lowest BCUT2D eigenvalue weighted by Crippen LogP contribution is -2.68. The number of hydrogen-bond acceptors (Lipinski definition) is 6. The molecule has 2 aromatic carbocycles. The summed E-state index contributed by atoms with van der Waals surface area (Å²) in [7, 11) is 3.90. The van der Waals surface area contributed by atoms with Crippen LogP contribution in [0.4, 0.5) is 5.69 Å². The van der Waals surface area contributed by atoms with E-state index in [1.807, 2.05) is 89.6 Å². The zero-order chi connectivity index (χ0) is 28.5. The fourth-order valence-electron chi connectivity index (χ4n) is 6.56. The smallest absolute Gasteiger partial charge is 0.267 e. The Morgan fingerprint density at radius 3 is 2.37 bits per heavy atom. The second-order valence-corrected chi connectivity index (χ2v) is 11.5. The van der Waals surface area contributed by atoms with Gasteiger partial charge in [0.15, 0.2) is 0 Å². The van der Waals surface area contributed by atoms with Gasteiger partial charge in [-0.15, -0.1) is 0 Å². The quantitative estimate of drug-likeness (QED) is 0.398. The van der Waals surface area contributed by atoms with Crippen LogP contribution in [0.1, 0.15) is 34.6 Å². The number of benzene rings is 2. The molecule has 0 unspecified atom stereocenters. The van der Waals surface area contributed by atoms with Crippen LogP contribution in [0.25, 0.3) is 21.9 Å². The average molecular weight is 547 g/mol. The van der Waals surface area contributed by atoms with Crippen LogP contribution in [-0.2, 0) is 21.5 Å². The Balaban J connectivity index is 1.26. The normalized spacial score (nSPS) is 18.1. The minimum Gasteiger partial charge on any atom is -0.364 e. The fraction of sp³-hybridized carbons (Fsp3) is 0.281. The first-order valence-electron chi connectivity index (χ1n) is 13.8. The molecule has 2 N–H and O–H groups in total. The topological polar surface area (TPSA) is 113 Å². The first-order chi connectivity index (χ1) is 19.7. The van der Waals surface area contributed by atoms with E-state index in [4.69, 9.17) is 10.7 Å². The van der Waals surface area contributed by atoms with Gasteiger partial charge in [-0.25, -0.2) is 0 Å². The fourth-order valence-corrected chi connectivity index (χ4v) is 6.56. The molecule has 206 valence electrons. The van der Waals surface area contributed by atoms with E-state index >= 15 is 0 Å². The van der Waals surface area contributed by atoms with Gasteiger partial charge in [0.2, 0.25) is 11.8 Å². The van der Waals surface area contributed by atoms with Crippen molar-refractivity contribution in [3.8, 4) is 11.1 Å². The molecule has 0 radical (unpaired) electrons. The van der Waals surface area contributed by atoms with Crippen molar-refractivity contribution in [1.82, 2.24) is 19.8 Å². The Morgan fingerprint density at radius 2 is 1.68 bits per heavy atom. The summed E-state index contributed by atoms with van der Waals surface area (Å²) >= 11 is 0. The Morgan fingerprint density at radius 1 is 0.951 bits per heavy atom. The van der Waals surface area contributed by atoms with Gasteiger partial charge in [0.1, 0.15) is 16.6 Å². The van der Waals surface area contributed by atoms with E-state index in [2.05, 4.69) is 4.98 Å². The number of anilines is 1. The molecule has 0 atom stereocenters. The second kappa shape index (κ2) is 8.94. The van der Waals surface area contributed by atoms with Crippen LogP contribution in [0.5, 0.6) is 0 Å². The second-order valence-electron chi connectivity index (χ2n) is 11.5. The predicted octanol–water partition coefficient (Wildman–Crippen LogP) is 3.12. The van der Waals surface area contributed by atoms with Gasteiger partial charge in [-0.05, 0) is 50.0 Å². The number of carbonyl (C=O) groups is 3. The number of pyridine rings is 2. The van der Waals surface area contributed by atoms with Crippen LogP contribution < -0.4 is 10.6 Å². The molecule has 3 aliphatic rings. The molecule has 0 bridgehead atoms. The largest absolute Gasteiger partial charge is 0.364 e. The number of fused-ring (bicyclic) bond motifs is 3. The third-order valence-electron chi connectivity index (χ3n) is 9.04. The third kappa shape index (κ3) is 3.69. The Labute approximate surface area is 237 Å². The van der Waals surface area contributed by atoms with Gasteiger partial charge in [-0.3, -0.25) is 29.3 Å². The Bertz CT molecular complexity index is 1740. The molecular weight excluding hydrogens is 516 g/mol. The van der Waals surface area contributed by atoms with Crippen LogP contribution in [0.3, 0.4) is 0 Å².